The molecular formula is C13H27N3O2. The number of nitrogens with one attached hydrogen (secondary N) is 1. The van der Waals surface area contributed by atoms with E-state index in [9.17, 15) is 9.59 Å². The maximum absolute atomic E-state index is 11.8. The van der Waals surface area contributed by atoms with Crippen LogP contribution in [0.3, 0.4) is 0 Å². The molecule has 18 heavy (non-hydrogen) atoms. The van der Waals surface area contributed by atoms with Crippen LogP contribution in [0, 0.1) is 0 Å². The molecule has 106 valence electrons. The second-order valence-electron chi connectivity index (χ2n) is 4.69. The Morgan fingerprint density at radius 3 is 2.28 bits per heavy atom. The van der Waals surface area contributed by atoms with E-state index in [-0.39, 0.29) is 18.4 Å². The van der Waals surface area contributed by atoms with Gasteiger partial charge in [0.15, 0.2) is 0 Å². The zero-order valence-electron chi connectivity index (χ0n) is 12.2. The molecule has 0 atom stereocenters. The van der Waals surface area contributed by atoms with Crippen molar-refractivity contribution in [3.8, 4) is 0 Å². The van der Waals surface area contributed by atoms with Gasteiger partial charge in [-0.15, -0.1) is 0 Å². The van der Waals surface area contributed by atoms with Crippen molar-refractivity contribution in [3.63, 3.8) is 0 Å². The summed E-state index contributed by atoms with van der Waals surface area (Å²) in [5, 5.41) is 2.76. The second-order valence-corrected chi connectivity index (χ2v) is 4.69. The summed E-state index contributed by atoms with van der Waals surface area (Å²) in [7, 11) is 3.60. The second kappa shape index (κ2) is 9.88. The van der Waals surface area contributed by atoms with Crippen LogP contribution in [-0.2, 0) is 9.59 Å². The van der Waals surface area contributed by atoms with E-state index in [0.717, 1.165) is 25.8 Å². The quantitative estimate of drug-likeness (QED) is 0.661. The van der Waals surface area contributed by atoms with Gasteiger partial charge in [0.2, 0.25) is 11.8 Å². The maximum atomic E-state index is 11.8. The Morgan fingerprint density at radius 2 is 1.72 bits per heavy atom. The van der Waals surface area contributed by atoms with Crippen LogP contribution in [0.4, 0.5) is 0 Å². The van der Waals surface area contributed by atoms with Crippen LogP contribution in [0.1, 0.15) is 33.1 Å². The van der Waals surface area contributed by atoms with Gasteiger partial charge < -0.3 is 10.2 Å². The van der Waals surface area contributed by atoms with Crippen molar-refractivity contribution in [1.29, 1.82) is 0 Å². The van der Waals surface area contributed by atoms with Crippen LogP contribution in [0.25, 0.3) is 0 Å². The largest absolute Gasteiger partial charge is 0.355 e. The van der Waals surface area contributed by atoms with E-state index in [1.165, 1.54) is 4.90 Å². The number of unbranched alkanes of at least 4 members (excludes halogenated alkanes) is 1. The van der Waals surface area contributed by atoms with Crippen molar-refractivity contribution >= 4 is 11.8 Å². The molecule has 0 aromatic carbocycles. The average Bonchev–Trinajstić information content (AvgIpc) is 2.33. The molecule has 0 saturated carbocycles. The molecule has 0 spiro atoms. The van der Waals surface area contributed by atoms with Crippen LogP contribution in [-0.4, -0.2) is 61.9 Å². The molecule has 0 aliphatic heterocycles. The van der Waals surface area contributed by atoms with Crippen molar-refractivity contribution in [1.82, 2.24) is 15.1 Å². The minimum absolute atomic E-state index is 0.0137. The summed E-state index contributed by atoms with van der Waals surface area (Å²) in [5.74, 6) is -0.107. The monoisotopic (exact) mass is 257 g/mol. The minimum Gasteiger partial charge on any atom is -0.355 e. The molecule has 0 rings (SSSR count). The molecule has 2 amide bonds. The number of likely N-dealkylation sites (N-methyl/N-ethyl adjacent to an activating group) is 2. The van der Waals surface area contributed by atoms with E-state index in [1.807, 2.05) is 18.9 Å². The first-order valence-corrected chi connectivity index (χ1v) is 6.70. The molecule has 0 radical (unpaired) electrons. The highest BCUT2D eigenvalue weighted by molar-refractivity contribution is 5.85. The molecule has 0 unspecified atom stereocenters. The number of amides is 2. The third-order valence-electron chi connectivity index (χ3n) is 2.68. The summed E-state index contributed by atoms with van der Waals surface area (Å²) in [6, 6.07) is 0. The molecule has 0 aromatic heterocycles. The normalized spacial score (nSPS) is 10.5. The summed E-state index contributed by atoms with van der Waals surface area (Å²) in [5.41, 5.74) is 0. The zero-order valence-corrected chi connectivity index (χ0v) is 12.2. The predicted octanol–water partition coefficient (Wildman–Crippen LogP) is 0.703. The Kier molecular flexibility index (Phi) is 9.28. The molecular weight excluding hydrogens is 230 g/mol. The van der Waals surface area contributed by atoms with Gasteiger partial charge in [0.1, 0.15) is 0 Å². The molecule has 0 bridgehead atoms. The molecule has 0 fully saturated rings. The van der Waals surface area contributed by atoms with Gasteiger partial charge in [-0.2, -0.15) is 0 Å². The Bertz CT molecular complexity index is 257. The molecule has 5 heteroatoms. The fourth-order valence-electron chi connectivity index (χ4n) is 1.48. The lowest BCUT2D eigenvalue weighted by molar-refractivity contribution is -0.135. The fourth-order valence-corrected chi connectivity index (χ4v) is 1.48. The minimum atomic E-state index is -0.0936. The van der Waals surface area contributed by atoms with E-state index >= 15 is 0 Å². The third-order valence-corrected chi connectivity index (χ3v) is 2.68. The van der Waals surface area contributed by atoms with Crippen molar-refractivity contribution in [3.05, 3.63) is 0 Å². The van der Waals surface area contributed by atoms with Crippen molar-refractivity contribution in [2.45, 2.75) is 33.1 Å². The van der Waals surface area contributed by atoms with Gasteiger partial charge in [0, 0.05) is 13.6 Å². The first kappa shape index (κ1) is 16.9. The smallest absolute Gasteiger partial charge is 0.239 e. The summed E-state index contributed by atoms with van der Waals surface area (Å²) in [4.78, 5) is 26.8. The zero-order chi connectivity index (χ0) is 14.0. The van der Waals surface area contributed by atoms with Crippen LogP contribution >= 0.6 is 0 Å². The summed E-state index contributed by atoms with van der Waals surface area (Å²) in [6.45, 7) is 6.21. The molecule has 0 heterocycles. The van der Waals surface area contributed by atoms with Crippen molar-refractivity contribution in [2.75, 3.05) is 40.3 Å². The van der Waals surface area contributed by atoms with E-state index in [1.54, 1.807) is 7.05 Å². The van der Waals surface area contributed by atoms with Gasteiger partial charge >= 0.3 is 0 Å². The van der Waals surface area contributed by atoms with Gasteiger partial charge in [-0.3, -0.25) is 14.5 Å². The van der Waals surface area contributed by atoms with Gasteiger partial charge in [0.25, 0.3) is 0 Å². The highest BCUT2D eigenvalue weighted by atomic mass is 16.2. The molecule has 5 nitrogen and oxygen atoms in total. The maximum Gasteiger partial charge on any atom is 0.239 e. The van der Waals surface area contributed by atoms with Gasteiger partial charge in [-0.1, -0.05) is 20.3 Å². The van der Waals surface area contributed by atoms with Crippen LogP contribution in [0.5, 0.6) is 0 Å². The fraction of sp³-hybridized carbons (Fsp3) is 0.846. The standard InChI is InChI=1S/C13H27N3O2/c1-5-7-9-15(3)11-13(18)16(4)10-12(17)14-8-6-2/h5-11H2,1-4H3,(H,14,17). The van der Waals surface area contributed by atoms with Crippen LogP contribution < -0.4 is 5.32 Å². The first-order chi connectivity index (χ1) is 8.51. The topological polar surface area (TPSA) is 52.7 Å². The lowest BCUT2D eigenvalue weighted by Crippen LogP contribution is -2.42. The van der Waals surface area contributed by atoms with Crippen LogP contribution in [0.15, 0.2) is 0 Å². The highest BCUT2D eigenvalue weighted by Gasteiger charge is 2.14. The number of hydrogen-bond acceptors (Lipinski definition) is 3. The summed E-state index contributed by atoms with van der Waals surface area (Å²) < 4.78 is 0. The molecule has 0 aliphatic carbocycles. The predicted molar refractivity (Wildman–Crippen MR) is 73.3 cm³/mol. The Balaban J connectivity index is 3.91. The SMILES string of the molecule is CCCCN(C)CC(=O)N(C)CC(=O)NCCC. The molecule has 1 N–H and O–H groups in total. The van der Waals surface area contributed by atoms with E-state index < -0.39 is 0 Å². The molecule has 0 aromatic rings. The van der Waals surface area contributed by atoms with E-state index in [2.05, 4.69) is 12.2 Å². The lowest BCUT2D eigenvalue weighted by atomic mass is 10.3. The molecule has 0 saturated heterocycles. The van der Waals surface area contributed by atoms with Gasteiger partial charge in [-0.25, -0.2) is 0 Å². The number of hydrogen-bond donors (Lipinski definition) is 1. The first-order valence-electron chi connectivity index (χ1n) is 6.70. The van der Waals surface area contributed by atoms with E-state index in [0.29, 0.717) is 13.1 Å². The van der Waals surface area contributed by atoms with Crippen LogP contribution in [0.2, 0.25) is 0 Å². The van der Waals surface area contributed by atoms with Gasteiger partial charge in [-0.05, 0) is 26.4 Å². The number of carbonyl (C=O) groups excluding carboxylic acids is 2. The third kappa shape index (κ3) is 8.06. The summed E-state index contributed by atoms with van der Waals surface area (Å²) >= 11 is 0. The molecule has 0 aliphatic rings. The Labute approximate surface area is 111 Å². The van der Waals surface area contributed by atoms with Crippen molar-refractivity contribution < 1.29 is 9.59 Å². The lowest BCUT2D eigenvalue weighted by Gasteiger charge is -2.21. The van der Waals surface area contributed by atoms with E-state index in [4.69, 9.17) is 0 Å². The number of rotatable bonds is 9. The van der Waals surface area contributed by atoms with Crippen molar-refractivity contribution in [2.24, 2.45) is 0 Å². The Hall–Kier alpha value is -1.10. The van der Waals surface area contributed by atoms with Gasteiger partial charge in [0.05, 0.1) is 13.1 Å². The number of nitrogens with zero attached hydrogens (tertiary/aromatic N) is 2. The number of carbonyl (C=O) groups is 2. The summed E-state index contributed by atoms with van der Waals surface area (Å²) in [6.07, 6.45) is 3.11. The highest BCUT2D eigenvalue weighted by Crippen LogP contribution is 1.94. The Morgan fingerprint density at radius 1 is 1.06 bits per heavy atom. The average molecular weight is 257 g/mol.